The molecule has 0 aromatic carbocycles. The summed E-state index contributed by atoms with van der Waals surface area (Å²) in [4.78, 5) is 0. The molecule has 144 valence electrons. The van der Waals surface area contributed by atoms with E-state index in [1.54, 1.807) is 0 Å². The van der Waals surface area contributed by atoms with Gasteiger partial charge in [0.25, 0.3) is 0 Å². The van der Waals surface area contributed by atoms with Crippen LogP contribution in [0.4, 0.5) is 0 Å². The second kappa shape index (κ2) is 8.75. The Labute approximate surface area is 136 Å². The van der Waals surface area contributed by atoms with Crippen molar-refractivity contribution < 1.29 is 60.5 Å². The third-order valence-corrected chi connectivity index (χ3v) is 3.80. The first-order valence-electron chi connectivity index (χ1n) is 7.09. The van der Waals surface area contributed by atoms with E-state index in [1.165, 1.54) is 0 Å². The molecule has 24 heavy (non-hydrogen) atoms. The fraction of sp³-hybridized carbons (Fsp3) is 1.00. The lowest BCUT2D eigenvalue weighted by Gasteiger charge is -2.37. The summed E-state index contributed by atoms with van der Waals surface area (Å²) >= 11 is 0. The van der Waals surface area contributed by atoms with Crippen molar-refractivity contribution in [2.24, 2.45) is 0 Å². The minimum atomic E-state index is -2.16. The highest BCUT2D eigenvalue weighted by molar-refractivity contribution is 4.94. The molecule has 10 N–H and O–H groups in total. The highest BCUT2D eigenvalue weighted by Gasteiger charge is 2.52. The highest BCUT2D eigenvalue weighted by atomic mass is 16.7. The molecule has 0 amide bonds. The van der Waals surface area contributed by atoms with E-state index in [0.29, 0.717) is 0 Å². The number of rotatable bonds is 3. The van der Waals surface area contributed by atoms with Gasteiger partial charge in [-0.2, -0.15) is 0 Å². The summed E-state index contributed by atoms with van der Waals surface area (Å²) in [7, 11) is 0. The van der Waals surface area contributed by atoms with Gasteiger partial charge in [0.05, 0.1) is 19.8 Å². The Bertz CT molecular complexity index is 371. The van der Waals surface area contributed by atoms with Crippen molar-refractivity contribution in [3.8, 4) is 0 Å². The smallest absolute Gasteiger partial charge is 0.219 e. The normalized spacial score (nSPS) is 48.8. The van der Waals surface area contributed by atoms with Gasteiger partial charge in [-0.05, 0) is 0 Å². The molecule has 2 aliphatic heterocycles. The lowest BCUT2D eigenvalue weighted by atomic mass is 10.00. The van der Waals surface area contributed by atoms with Crippen LogP contribution < -0.4 is 0 Å². The van der Waals surface area contributed by atoms with Gasteiger partial charge in [0.15, 0.2) is 6.29 Å². The van der Waals surface area contributed by atoms with Gasteiger partial charge in [0.2, 0.25) is 5.79 Å². The molecule has 12 heteroatoms. The van der Waals surface area contributed by atoms with E-state index in [-0.39, 0.29) is 0 Å². The molecule has 0 radical (unpaired) electrons. The van der Waals surface area contributed by atoms with Crippen molar-refractivity contribution in [1.82, 2.24) is 0 Å². The van der Waals surface area contributed by atoms with Crippen LogP contribution in [0.3, 0.4) is 0 Å². The molecule has 2 aliphatic rings. The maximum Gasteiger partial charge on any atom is 0.219 e. The summed E-state index contributed by atoms with van der Waals surface area (Å²) in [5.41, 5.74) is 0. The quantitative estimate of drug-likeness (QED) is 0.227. The van der Waals surface area contributed by atoms with Crippen LogP contribution in [0.15, 0.2) is 0 Å². The Morgan fingerprint density at radius 2 is 1.25 bits per heavy atom. The minimum absolute atomic E-state index is 0.526. The average Bonchev–Trinajstić information content (AvgIpc) is 2.81. The Morgan fingerprint density at radius 3 is 1.62 bits per heavy atom. The summed E-state index contributed by atoms with van der Waals surface area (Å²) in [6.45, 7) is -1.88. The van der Waals surface area contributed by atoms with E-state index < -0.39 is 74.6 Å². The lowest BCUT2D eigenvalue weighted by molar-refractivity contribution is -0.286. The lowest BCUT2D eigenvalue weighted by Crippen LogP contribution is -2.58. The fourth-order valence-corrected chi connectivity index (χ4v) is 2.23. The highest BCUT2D eigenvalue weighted by Crippen LogP contribution is 2.28. The van der Waals surface area contributed by atoms with E-state index in [2.05, 4.69) is 9.47 Å². The Morgan fingerprint density at radius 1 is 0.708 bits per heavy atom. The molecule has 9 atom stereocenters. The molecule has 2 saturated heterocycles. The first kappa shape index (κ1) is 21.6. The van der Waals surface area contributed by atoms with Crippen molar-refractivity contribution in [3.05, 3.63) is 0 Å². The average molecular weight is 360 g/mol. The molecule has 0 aromatic rings. The Balaban J connectivity index is 0.000000240. The molecule has 0 saturated carbocycles. The molecule has 0 unspecified atom stereocenters. The van der Waals surface area contributed by atoms with Crippen LogP contribution in [-0.4, -0.2) is 126 Å². The first-order valence-corrected chi connectivity index (χ1v) is 7.09. The second-order valence-corrected chi connectivity index (χ2v) is 5.50. The van der Waals surface area contributed by atoms with E-state index in [4.69, 9.17) is 46.0 Å². The van der Waals surface area contributed by atoms with Crippen LogP contribution in [0.25, 0.3) is 0 Å². The maximum absolute atomic E-state index is 9.25. The largest absolute Gasteiger partial charge is 0.394 e. The molecule has 2 rings (SSSR count). The van der Waals surface area contributed by atoms with Gasteiger partial charge >= 0.3 is 0 Å². The summed E-state index contributed by atoms with van der Waals surface area (Å²) < 4.78 is 9.20. The van der Waals surface area contributed by atoms with Crippen LogP contribution in [-0.2, 0) is 9.47 Å². The predicted octanol–water partition coefficient (Wildman–Crippen LogP) is -6.44. The van der Waals surface area contributed by atoms with Crippen LogP contribution in [0.2, 0.25) is 0 Å². The maximum atomic E-state index is 9.25. The standard InChI is InChI=1S/2C6H12O6/c7-1-3-4(9)5(10)6(11,2-8)12-3;7-1-2-3(8)4(9)5(10)6(11)12-2/h3-5,7-11H,1-2H2;2-11H,1H2/t3-,4-,5+,6-;2-,3-,4+,5-,6+/m11/s1. The zero-order valence-electron chi connectivity index (χ0n) is 12.5. The van der Waals surface area contributed by atoms with E-state index in [9.17, 15) is 5.11 Å². The van der Waals surface area contributed by atoms with Crippen molar-refractivity contribution in [2.45, 2.75) is 54.8 Å². The van der Waals surface area contributed by atoms with Gasteiger partial charge in [-0.25, -0.2) is 0 Å². The van der Waals surface area contributed by atoms with E-state index in [1.807, 2.05) is 0 Å². The number of hydrogen-bond donors (Lipinski definition) is 10. The molecule has 2 fully saturated rings. The van der Waals surface area contributed by atoms with Crippen molar-refractivity contribution in [1.29, 1.82) is 0 Å². The Hall–Kier alpha value is -0.480. The fourth-order valence-electron chi connectivity index (χ4n) is 2.23. The van der Waals surface area contributed by atoms with Gasteiger partial charge in [0.1, 0.15) is 42.7 Å². The molecular weight excluding hydrogens is 336 g/mol. The second-order valence-electron chi connectivity index (χ2n) is 5.50. The molecule has 0 bridgehead atoms. The zero-order valence-corrected chi connectivity index (χ0v) is 12.5. The molecule has 0 aromatic heterocycles. The molecule has 0 aliphatic carbocycles. The third-order valence-electron chi connectivity index (χ3n) is 3.80. The monoisotopic (exact) mass is 360 g/mol. The van der Waals surface area contributed by atoms with E-state index in [0.717, 1.165) is 0 Å². The summed E-state index contributed by atoms with van der Waals surface area (Å²) in [5.74, 6) is -2.16. The van der Waals surface area contributed by atoms with Gasteiger partial charge in [0, 0.05) is 0 Å². The van der Waals surface area contributed by atoms with Gasteiger partial charge in [-0.15, -0.1) is 0 Å². The first-order chi connectivity index (χ1) is 11.1. The minimum Gasteiger partial charge on any atom is -0.394 e. The van der Waals surface area contributed by atoms with Crippen LogP contribution in [0.1, 0.15) is 0 Å². The molecule has 2 heterocycles. The van der Waals surface area contributed by atoms with Crippen molar-refractivity contribution in [2.75, 3.05) is 19.8 Å². The summed E-state index contributed by atoms with van der Waals surface area (Å²) in [5, 5.41) is 89.3. The number of hydrogen-bond acceptors (Lipinski definition) is 12. The van der Waals surface area contributed by atoms with E-state index >= 15 is 0 Å². The van der Waals surface area contributed by atoms with Gasteiger partial charge in [-0.1, -0.05) is 0 Å². The molecule has 12 nitrogen and oxygen atoms in total. The molecular formula is C12H24O12. The summed E-state index contributed by atoms with van der Waals surface area (Å²) in [6, 6.07) is 0. The number of aliphatic hydroxyl groups is 10. The van der Waals surface area contributed by atoms with Crippen LogP contribution in [0.5, 0.6) is 0 Å². The number of aliphatic hydroxyl groups excluding tert-OH is 9. The molecule has 0 spiro atoms. The van der Waals surface area contributed by atoms with Gasteiger partial charge in [-0.3, -0.25) is 0 Å². The summed E-state index contributed by atoms with van der Waals surface area (Å²) in [6.07, 6.45) is -11.1. The zero-order chi connectivity index (χ0) is 18.7. The van der Waals surface area contributed by atoms with Crippen LogP contribution in [0, 0.1) is 0 Å². The SMILES string of the molecule is OC[C@H]1O[C@H](O)[C@H](O)[C@@H](O)[C@@H]1O.OC[C@H]1O[C@](O)(CO)[C@@H](O)[C@@H]1O. The third kappa shape index (κ3) is 4.37. The van der Waals surface area contributed by atoms with Crippen LogP contribution >= 0.6 is 0 Å². The Kier molecular flexibility index (Phi) is 7.86. The van der Waals surface area contributed by atoms with Gasteiger partial charge < -0.3 is 60.5 Å². The topological polar surface area (TPSA) is 221 Å². The van der Waals surface area contributed by atoms with Crippen molar-refractivity contribution in [3.63, 3.8) is 0 Å². The van der Waals surface area contributed by atoms with Crippen molar-refractivity contribution >= 4 is 0 Å². The number of ether oxygens (including phenoxy) is 2. The predicted molar refractivity (Wildman–Crippen MR) is 72.0 cm³/mol.